The summed E-state index contributed by atoms with van der Waals surface area (Å²) < 4.78 is 49.8. The Balaban J connectivity index is 2.89. The molecule has 0 aliphatic rings. The number of nitriles is 1. The second-order valence-corrected chi connectivity index (χ2v) is 6.22. The molecule has 0 bridgehead atoms. The summed E-state index contributed by atoms with van der Waals surface area (Å²) in [5.74, 6) is -0.292. The molecule has 0 saturated heterocycles. The van der Waals surface area contributed by atoms with Crippen LogP contribution in [0.1, 0.15) is 18.1 Å². The molecule has 110 valence electrons. The molecule has 0 saturated carbocycles. The number of hydrogen-bond donors (Lipinski definition) is 0. The van der Waals surface area contributed by atoms with Crippen LogP contribution in [0.4, 0.5) is 8.78 Å². The van der Waals surface area contributed by atoms with Crippen LogP contribution >= 0.6 is 0 Å². The SMILES string of the molecule is CCN(CC#N)S(=O)(=O)Cc1cccc(CC(F)F)c1. The maximum Gasteiger partial charge on any atom is 0.242 e. The highest BCUT2D eigenvalue weighted by molar-refractivity contribution is 7.88. The predicted molar refractivity (Wildman–Crippen MR) is 71.6 cm³/mol. The third-order valence-corrected chi connectivity index (χ3v) is 4.60. The Hall–Kier alpha value is -1.52. The minimum absolute atomic E-state index is 0.201. The van der Waals surface area contributed by atoms with E-state index in [9.17, 15) is 17.2 Å². The van der Waals surface area contributed by atoms with Gasteiger partial charge in [0.15, 0.2) is 0 Å². The quantitative estimate of drug-likeness (QED) is 0.725. The van der Waals surface area contributed by atoms with Crippen molar-refractivity contribution in [1.29, 1.82) is 5.26 Å². The highest BCUT2D eigenvalue weighted by Crippen LogP contribution is 2.14. The summed E-state index contributed by atoms with van der Waals surface area (Å²) in [6.45, 7) is 1.63. The van der Waals surface area contributed by atoms with Crippen LogP contribution in [0.3, 0.4) is 0 Å². The Bertz CT molecular complexity index is 582. The van der Waals surface area contributed by atoms with Gasteiger partial charge in [-0.1, -0.05) is 31.2 Å². The molecule has 4 nitrogen and oxygen atoms in total. The number of hydrogen-bond acceptors (Lipinski definition) is 3. The minimum atomic E-state index is -3.61. The molecule has 0 amide bonds. The van der Waals surface area contributed by atoms with Crippen molar-refractivity contribution in [2.24, 2.45) is 0 Å². The van der Waals surface area contributed by atoms with Crippen molar-refractivity contribution in [3.8, 4) is 6.07 Å². The first-order valence-corrected chi connectivity index (χ1v) is 7.70. The monoisotopic (exact) mass is 302 g/mol. The molecule has 0 spiro atoms. The first kappa shape index (κ1) is 16.5. The van der Waals surface area contributed by atoms with E-state index in [0.717, 1.165) is 4.31 Å². The lowest BCUT2D eigenvalue weighted by atomic mass is 10.1. The molecule has 1 aromatic carbocycles. The van der Waals surface area contributed by atoms with Crippen molar-refractivity contribution in [2.45, 2.75) is 25.5 Å². The van der Waals surface area contributed by atoms with Gasteiger partial charge in [0.2, 0.25) is 16.4 Å². The van der Waals surface area contributed by atoms with E-state index in [1.165, 1.54) is 12.1 Å². The van der Waals surface area contributed by atoms with Gasteiger partial charge in [-0.3, -0.25) is 0 Å². The van der Waals surface area contributed by atoms with Crippen LogP contribution in [-0.4, -0.2) is 32.2 Å². The van der Waals surface area contributed by atoms with E-state index in [1.54, 1.807) is 25.1 Å². The molecule has 0 aliphatic heterocycles. The zero-order valence-electron chi connectivity index (χ0n) is 11.1. The lowest BCUT2D eigenvalue weighted by Crippen LogP contribution is -2.32. The third kappa shape index (κ3) is 4.87. The summed E-state index contributed by atoms with van der Waals surface area (Å²) in [6.07, 6.45) is -2.86. The van der Waals surface area contributed by atoms with Crippen LogP contribution in [0.2, 0.25) is 0 Å². The van der Waals surface area contributed by atoms with Gasteiger partial charge in [-0.05, 0) is 11.1 Å². The fraction of sp³-hybridized carbons (Fsp3) is 0.462. The molecule has 0 heterocycles. The Kier molecular flexibility index (Phi) is 6.05. The second kappa shape index (κ2) is 7.31. The molecule has 0 aliphatic carbocycles. The third-order valence-electron chi connectivity index (χ3n) is 2.72. The van der Waals surface area contributed by atoms with Gasteiger partial charge in [0.1, 0.15) is 6.54 Å². The maximum absolute atomic E-state index is 12.3. The molecule has 0 atom stereocenters. The van der Waals surface area contributed by atoms with E-state index in [-0.39, 0.29) is 18.8 Å². The summed E-state index contributed by atoms with van der Waals surface area (Å²) in [5.41, 5.74) is 0.843. The Morgan fingerprint density at radius 1 is 1.35 bits per heavy atom. The van der Waals surface area contributed by atoms with Gasteiger partial charge in [-0.2, -0.15) is 9.57 Å². The number of alkyl halides is 2. The number of halogens is 2. The zero-order chi connectivity index (χ0) is 15.2. The van der Waals surface area contributed by atoms with E-state index < -0.39 is 22.9 Å². The first-order valence-electron chi connectivity index (χ1n) is 6.09. The molecular formula is C13H16F2N2O2S. The van der Waals surface area contributed by atoms with Gasteiger partial charge in [-0.25, -0.2) is 17.2 Å². The molecule has 0 fully saturated rings. The molecule has 0 N–H and O–H groups in total. The van der Waals surface area contributed by atoms with E-state index in [2.05, 4.69) is 0 Å². The lowest BCUT2D eigenvalue weighted by molar-refractivity contribution is 0.149. The van der Waals surface area contributed by atoms with Gasteiger partial charge in [0.25, 0.3) is 0 Å². The summed E-state index contributed by atoms with van der Waals surface area (Å²) in [4.78, 5) is 0. The van der Waals surface area contributed by atoms with Crippen LogP contribution in [0, 0.1) is 11.3 Å². The van der Waals surface area contributed by atoms with Crippen LogP contribution in [-0.2, 0) is 22.2 Å². The Labute approximate surface area is 117 Å². The molecule has 1 aromatic rings. The van der Waals surface area contributed by atoms with Crippen molar-refractivity contribution in [3.05, 3.63) is 35.4 Å². The Morgan fingerprint density at radius 3 is 2.55 bits per heavy atom. The molecular weight excluding hydrogens is 286 g/mol. The minimum Gasteiger partial charge on any atom is -0.212 e. The molecule has 0 aromatic heterocycles. The summed E-state index contributed by atoms with van der Waals surface area (Å²) in [6, 6.07) is 7.93. The molecule has 20 heavy (non-hydrogen) atoms. The van der Waals surface area contributed by atoms with E-state index in [0.29, 0.717) is 11.1 Å². The van der Waals surface area contributed by atoms with Gasteiger partial charge in [0, 0.05) is 13.0 Å². The van der Waals surface area contributed by atoms with Crippen molar-refractivity contribution < 1.29 is 17.2 Å². The van der Waals surface area contributed by atoms with Gasteiger partial charge in [0.05, 0.1) is 11.8 Å². The van der Waals surface area contributed by atoms with Crippen LogP contribution in [0.15, 0.2) is 24.3 Å². The molecule has 1 rings (SSSR count). The first-order chi connectivity index (χ1) is 9.39. The number of benzene rings is 1. The van der Waals surface area contributed by atoms with Crippen LogP contribution in [0.5, 0.6) is 0 Å². The lowest BCUT2D eigenvalue weighted by Gasteiger charge is -2.17. The van der Waals surface area contributed by atoms with Crippen molar-refractivity contribution in [1.82, 2.24) is 4.31 Å². The largest absolute Gasteiger partial charge is 0.242 e. The zero-order valence-corrected chi connectivity index (χ0v) is 11.9. The highest BCUT2D eigenvalue weighted by Gasteiger charge is 2.20. The predicted octanol–water partition coefficient (Wildman–Crippen LogP) is 2.17. The van der Waals surface area contributed by atoms with E-state index in [1.807, 2.05) is 0 Å². The fourth-order valence-electron chi connectivity index (χ4n) is 1.81. The highest BCUT2D eigenvalue weighted by atomic mass is 32.2. The van der Waals surface area contributed by atoms with Crippen molar-refractivity contribution >= 4 is 10.0 Å². The maximum atomic E-state index is 12.3. The normalized spacial score (nSPS) is 11.8. The number of rotatable bonds is 7. The molecule has 0 radical (unpaired) electrons. The second-order valence-electron chi connectivity index (χ2n) is 4.26. The van der Waals surface area contributed by atoms with E-state index >= 15 is 0 Å². The van der Waals surface area contributed by atoms with Crippen LogP contribution in [0.25, 0.3) is 0 Å². The fourth-order valence-corrected chi connectivity index (χ4v) is 3.24. The average molecular weight is 302 g/mol. The van der Waals surface area contributed by atoms with Crippen molar-refractivity contribution in [2.75, 3.05) is 13.1 Å². The molecule has 7 heteroatoms. The van der Waals surface area contributed by atoms with Gasteiger partial charge in [-0.15, -0.1) is 0 Å². The topological polar surface area (TPSA) is 61.2 Å². The van der Waals surface area contributed by atoms with Crippen molar-refractivity contribution in [3.63, 3.8) is 0 Å². The van der Waals surface area contributed by atoms with Gasteiger partial charge >= 0.3 is 0 Å². The summed E-state index contributed by atoms with van der Waals surface area (Å²) >= 11 is 0. The van der Waals surface area contributed by atoms with Gasteiger partial charge < -0.3 is 0 Å². The smallest absolute Gasteiger partial charge is 0.212 e. The average Bonchev–Trinajstić information content (AvgIpc) is 2.34. The van der Waals surface area contributed by atoms with E-state index in [4.69, 9.17) is 5.26 Å². The molecule has 0 unspecified atom stereocenters. The summed E-state index contributed by atoms with van der Waals surface area (Å²) in [7, 11) is -3.61. The number of nitrogens with zero attached hydrogens (tertiary/aromatic N) is 2. The standard InChI is InChI=1S/C13H16F2N2O2S/c1-2-17(7-6-16)20(18,19)10-12-5-3-4-11(8-12)9-13(14)15/h3-5,8,13H,2,7,9-10H2,1H3. The number of sulfonamides is 1. The Morgan fingerprint density at radius 2 is 2.00 bits per heavy atom. The van der Waals surface area contributed by atoms with Crippen LogP contribution < -0.4 is 0 Å². The summed E-state index contributed by atoms with van der Waals surface area (Å²) in [5, 5.41) is 8.60.